The molecule has 1 aliphatic carbocycles. The molecule has 166 valence electrons. The minimum absolute atomic E-state index is 0.0229. The molecule has 1 aromatic heterocycles. The average molecular weight is 455 g/mol. The topological polar surface area (TPSA) is 94.8 Å². The molecule has 0 radical (unpaired) electrons. The summed E-state index contributed by atoms with van der Waals surface area (Å²) in [5.74, 6) is 0.737. The van der Waals surface area contributed by atoms with E-state index in [1.165, 1.54) is 12.1 Å². The van der Waals surface area contributed by atoms with Crippen molar-refractivity contribution < 1.29 is 17.6 Å². The van der Waals surface area contributed by atoms with E-state index in [4.69, 9.17) is 0 Å². The summed E-state index contributed by atoms with van der Waals surface area (Å²) in [5, 5.41) is 12.1. The van der Waals surface area contributed by atoms with Crippen molar-refractivity contribution in [2.24, 2.45) is 5.41 Å². The smallest absolute Gasteiger partial charge is 0.163 e. The second kappa shape index (κ2) is 7.58. The van der Waals surface area contributed by atoms with E-state index >= 15 is 0 Å². The van der Waals surface area contributed by atoms with E-state index in [0.717, 1.165) is 29.8 Å². The Kier molecular flexibility index (Phi) is 4.96. The van der Waals surface area contributed by atoms with Gasteiger partial charge < -0.3 is 0 Å². The third-order valence-corrected chi connectivity index (χ3v) is 8.23. The lowest BCUT2D eigenvalue weighted by molar-refractivity contribution is 0.0934. The molecule has 1 aliphatic heterocycles. The van der Waals surface area contributed by atoms with Gasteiger partial charge in [0.2, 0.25) is 0 Å². The molecule has 2 aliphatic rings. The lowest BCUT2D eigenvalue weighted by atomic mass is 9.83. The Balaban J connectivity index is 1.55. The van der Waals surface area contributed by atoms with E-state index in [0.29, 0.717) is 23.6 Å². The summed E-state index contributed by atoms with van der Waals surface area (Å²) in [5.41, 5.74) is 2.05. The van der Waals surface area contributed by atoms with Gasteiger partial charge in [0.25, 0.3) is 0 Å². The normalized spacial score (nSPS) is 22.2. The number of carbonyl (C=O) groups excluding carboxylic acids is 1. The third kappa shape index (κ3) is 4.21. The molecular weight excluding hydrogens is 431 g/mol. The van der Waals surface area contributed by atoms with E-state index in [2.05, 4.69) is 15.5 Å². The average Bonchev–Trinajstić information content (AvgIpc) is 3.40. The molecule has 2 heterocycles. The number of sulfone groups is 1. The van der Waals surface area contributed by atoms with Crippen molar-refractivity contribution in [2.45, 2.75) is 38.5 Å². The van der Waals surface area contributed by atoms with Gasteiger partial charge in [0, 0.05) is 17.9 Å². The van der Waals surface area contributed by atoms with Crippen molar-refractivity contribution in [3.8, 4) is 16.8 Å². The van der Waals surface area contributed by atoms with Crippen LogP contribution in [0.3, 0.4) is 0 Å². The molecule has 7 nitrogen and oxygen atoms in total. The summed E-state index contributed by atoms with van der Waals surface area (Å²) in [4.78, 5) is 13.3. The number of hydrogen-bond donors (Lipinski definition) is 0. The van der Waals surface area contributed by atoms with E-state index in [-0.39, 0.29) is 29.5 Å². The van der Waals surface area contributed by atoms with Gasteiger partial charge >= 0.3 is 0 Å². The van der Waals surface area contributed by atoms with Gasteiger partial charge in [0.1, 0.15) is 5.82 Å². The highest BCUT2D eigenvalue weighted by molar-refractivity contribution is 7.91. The molecule has 0 amide bonds. The molecule has 2 aromatic carbocycles. The molecule has 3 aromatic rings. The number of Topliss-reactive ketones (excluding diaryl/α,β-unsaturated/α-hetero) is 1. The minimum atomic E-state index is -3.11. The highest BCUT2D eigenvalue weighted by Crippen LogP contribution is 2.40. The lowest BCUT2D eigenvalue weighted by Gasteiger charge is -2.21. The first-order valence-corrected chi connectivity index (χ1v) is 12.5. The van der Waals surface area contributed by atoms with Gasteiger partial charge in [0.05, 0.1) is 17.2 Å². The zero-order chi connectivity index (χ0) is 22.5. The van der Waals surface area contributed by atoms with Crippen LogP contribution < -0.4 is 0 Å². The Morgan fingerprint density at radius 3 is 2.56 bits per heavy atom. The number of carbonyl (C=O) groups is 1. The van der Waals surface area contributed by atoms with Crippen LogP contribution in [0, 0.1) is 11.2 Å². The Labute approximate surface area is 185 Å². The molecule has 0 N–H and O–H groups in total. The molecule has 1 atom stereocenters. The van der Waals surface area contributed by atoms with Crippen molar-refractivity contribution in [3.63, 3.8) is 0 Å². The van der Waals surface area contributed by atoms with Crippen molar-refractivity contribution in [1.82, 2.24) is 20.2 Å². The summed E-state index contributed by atoms with van der Waals surface area (Å²) >= 11 is 0. The number of benzene rings is 2. The second-order valence-corrected chi connectivity index (χ2v) is 11.4. The first-order valence-electron chi connectivity index (χ1n) is 10.6. The molecular formula is C23H23FN4O3S. The van der Waals surface area contributed by atoms with E-state index in [1.807, 2.05) is 13.0 Å². The predicted octanol–water partition coefficient (Wildman–Crippen LogP) is 3.74. The Bertz CT molecular complexity index is 1300. The fourth-order valence-corrected chi connectivity index (χ4v) is 6.64. The molecule has 5 rings (SSSR count). The SMILES string of the molecule is CC1(CC(=O)c2cc(-c3ccc(F)cc3)cc(-n3nnnc3C3CC3)c2)CCS(=O)(=O)C1. The van der Waals surface area contributed by atoms with E-state index < -0.39 is 15.3 Å². The van der Waals surface area contributed by atoms with Gasteiger partial charge in [-0.1, -0.05) is 19.1 Å². The van der Waals surface area contributed by atoms with Crippen LogP contribution in [0.15, 0.2) is 42.5 Å². The quantitative estimate of drug-likeness (QED) is 0.527. The molecule has 1 saturated heterocycles. The van der Waals surface area contributed by atoms with Gasteiger partial charge in [0.15, 0.2) is 21.4 Å². The van der Waals surface area contributed by atoms with Crippen molar-refractivity contribution in [2.75, 3.05) is 11.5 Å². The minimum Gasteiger partial charge on any atom is -0.294 e. The molecule has 32 heavy (non-hydrogen) atoms. The fraction of sp³-hybridized carbons (Fsp3) is 0.391. The van der Waals surface area contributed by atoms with Crippen LogP contribution in [-0.2, 0) is 9.84 Å². The Hall–Kier alpha value is -2.94. The standard InChI is InChI=1S/C23H23FN4O3S/c1-23(8-9-32(30,31)14-23)13-21(29)18-10-17(15-4-6-19(24)7-5-15)11-20(12-18)28-22(16-2-3-16)25-26-27-28/h4-7,10-12,16H,2-3,8-9,13-14H2,1H3. The largest absolute Gasteiger partial charge is 0.294 e. The van der Waals surface area contributed by atoms with Crippen molar-refractivity contribution >= 4 is 15.6 Å². The summed E-state index contributed by atoms with van der Waals surface area (Å²) in [6, 6.07) is 11.5. The highest BCUT2D eigenvalue weighted by Gasteiger charge is 2.40. The van der Waals surface area contributed by atoms with Gasteiger partial charge in [-0.05, 0) is 76.6 Å². The van der Waals surface area contributed by atoms with E-state index in [9.17, 15) is 17.6 Å². The number of rotatable bonds is 6. The maximum Gasteiger partial charge on any atom is 0.163 e. The van der Waals surface area contributed by atoms with Crippen LogP contribution in [-0.4, -0.2) is 45.9 Å². The molecule has 2 fully saturated rings. The maximum absolute atomic E-state index is 13.5. The monoisotopic (exact) mass is 454 g/mol. The number of hydrogen-bond acceptors (Lipinski definition) is 6. The number of tetrazole rings is 1. The van der Waals surface area contributed by atoms with Crippen LogP contribution in [0.1, 0.15) is 54.7 Å². The Morgan fingerprint density at radius 1 is 1.16 bits per heavy atom. The zero-order valence-corrected chi connectivity index (χ0v) is 18.5. The van der Waals surface area contributed by atoms with Gasteiger partial charge in [-0.2, -0.15) is 4.68 Å². The molecule has 1 unspecified atom stereocenters. The summed E-state index contributed by atoms with van der Waals surface area (Å²) < 4.78 is 39.1. The fourth-order valence-electron chi connectivity index (χ4n) is 4.38. The van der Waals surface area contributed by atoms with Crippen LogP contribution in [0.25, 0.3) is 16.8 Å². The first-order chi connectivity index (χ1) is 15.2. The highest BCUT2D eigenvalue weighted by atomic mass is 32.2. The number of nitrogens with zero attached hydrogens (tertiary/aromatic N) is 4. The van der Waals surface area contributed by atoms with Gasteiger partial charge in [-0.3, -0.25) is 4.79 Å². The summed E-state index contributed by atoms with van der Waals surface area (Å²) in [6.45, 7) is 1.85. The maximum atomic E-state index is 13.5. The molecule has 9 heteroatoms. The van der Waals surface area contributed by atoms with Crippen LogP contribution in [0.5, 0.6) is 0 Å². The summed E-state index contributed by atoms with van der Waals surface area (Å²) in [7, 11) is -3.11. The zero-order valence-electron chi connectivity index (χ0n) is 17.7. The van der Waals surface area contributed by atoms with Crippen LogP contribution >= 0.6 is 0 Å². The van der Waals surface area contributed by atoms with Crippen molar-refractivity contribution in [1.29, 1.82) is 0 Å². The number of ketones is 1. The van der Waals surface area contributed by atoms with E-state index in [1.54, 1.807) is 28.9 Å². The Morgan fingerprint density at radius 2 is 1.91 bits per heavy atom. The first kappa shape index (κ1) is 20.9. The third-order valence-electron chi connectivity index (χ3n) is 6.27. The molecule has 0 bridgehead atoms. The molecule has 1 saturated carbocycles. The number of aromatic nitrogens is 4. The predicted molar refractivity (Wildman–Crippen MR) is 117 cm³/mol. The van der Waals surface area contributed by atoms with Crippen molar-refractivity contribution in [3.05, 3.63) is 59.7 Å². The van der Waals surface area contributed by atoms with Crippen LogP contribution in [0.2, 0.25) is 0 Å². The van der Waals surface area contributed by atoms with Crippen LogP contribution in [0.4, 0.5) is 4.39 Å². The summed E-state index contributed by atoms with van der Waals surface area (Å²) in [6.07, 6.45) is 2.67. The number of halogens is 1. The molecule has 0 spiro atoms. The second-order valence-electron chi connectivity index (χ2n) is 9.25. The van der Waals surface area contributed by atoms with Gasteiger partial charge in [-0.15, -0.1) is 5.10 Å². The lowest BCUT2D eigenvalue weighted by Crippen LogP contribution is -2.22. The van der Waals surface area contributed by atoms with Gasteiger partial charge in [-0.25, -0.2) is 12.8 Å².